The summed E-state index contributed by atoms with van der Waals surface area (Å²) in [6.07, 6.45) is -2.74. The van der Waals surface area contributed by atoms with Gasteiger partial charge >= 0.3 is 0 Å². The summed E-state index contributed by atoms with van der Waals surface area (Å²) in [7, 11) is 0. The smallest absolute Gasteiger partial charge is 0.272 e. The number of nitrogens with zero attached hydrogens (tertiary/aromatic N) is 2. The standard InChI is InChI=1S/C21H20Cl2F3N5O3/c1-9(32)11-6-13-17(30-18(11)34-8-14(24)25)31-20(28-13)29-16-12(22)5-4-10(15(16)23)7-27-19(33)21(2,3)26/h4-6,14H,7-8H2,1-3H3,(H,27,33)(H2,28,29,30,31). The van der Waals surface area contributed by atoms with Gasteiger partial charge in [-0.3, -0.25) is 9.59 Å². The Morgan fingerprint density at radius 1 is 1.24 bits per heavy atom. The van der Waals surface area contributed by atoms with Crippen LogP contribution < -0.4 is 15.4 Å². The van der Waals surface area contributed by atoms with Gasteiger partial charge in [0.2, 0.25) is 11.8 Å². The molecule has 1 aromatic carbocycles. The molecule has 0 aliphatic carbocycles. The molecule has 0 radical (unpaired) electrons. The molecule has 0 atom stereocenters. The van der Waals surface area contributed by atoms with E-state index in [0.717, 1.165) is 13.8 Å². The summed E-state index contributed by atoms with van der Waals surface area (Å²) in [5, 5.41) is 5.74. The Hall–Kier alpha value is -3.05. The number of hydrogen-bond donors (Lipinski definition) is 3. The number of halogens is 5. The third kappa shape index (κ3) is 5.89. The number of fused-ring (bicyclic) bond motifs is 1. The van der Waals surface area contributed by atoms with Crippen molar-refractivity contribution in [2.75, 3.05) is 11.9 Å². The molecular weight excluding hydrogens is 498 g/mol. The number of pyridine rings is 1. The fraction of sp³-hybridized carbons (Fsp3) is 0.333. The topological polar surface area (TPSA) is 109 Å². The first kappa shape index (κ1) is 25.6. The van der Waals surface area contributed by atoms with Gasteiger partial charge in [-0.15, -0.1) is 0 Å². The van der Waals surface area contributed by atoms with Crippen molar-refractivity contribution in [2.24, 2.45) is 0 Å². The first-order valence-electron chi connectivity index (χ1n) is 9.90. The van der Waals surface area contributed by atoms with Crippen LogP contribution >= 0.6 is 23.2 Å². The number of aromatic nitrogens is 3. The van der Waals surface area contributed by atoms with Crippen LogP contribution in [0.5, 0.6) is 5.88 Å². The van der Waals surface area contributed by atoms with Gasteiger partial charge in [0.1, 0.15) is 0 Å². The monoisotopic (exact) mass is 517 g/mol. The van der Waals surface area contributed by atoms with Gasteiger partial charge in [-0.1, -0.05) is 29.3 Å². The minimum Gasteiger partial charge on any atom is -0.471 e. The minimum absolute atomic E-state index is 0.00735. The first-order chi connectivity index (χ1) is 15.9. The fourth-order valence-electron chi connectivity index (χ4n) is 2.84. The molecule has 3 rings (SSSR count). The first-order valence-corrected chi connectivity index (χ1v) is 10.7. The van der Waals surface area contributed by atoms with E-state index in [4.69, 9.17) is 27.9 Å². The van der Waals surface area contributed by atoms with Crippen molar-refractivity contribution in [1.29, 1.82) is 0 Å². The van der Waals surface area contributed by atoms with Crippen LogP contribution in [0, 0.1) is 0 Å². The van der Waals surface area contributed by atoms with Crippen molar-refractivity contribution in [2.45, 2.75) is 39.4 Å². The van der Waals surface area contributed by atoms with Crippen LogP contribution in [0.3, 0.4) is 0 Å². The number of Topliss-reactive ketones (excluding diaryl/α,β-unsaturated/α-hetero) is 1. The van der Waals surface area contributed by atoms with Crippen LogP contribution in [0.15, 0.2) is 18.2 Å². The Bertz CT molecular complexity index is 1240. The van der Waals surface area contributed by atoms with Crippen LogP contribution in [-0.2, 0) is 11.3 Å². The molecule has 2 heterocycles. The summed E-state index contributed by atoms with van der Waals surface area (Å²) in [5.41, 5.74) is -0.919. The number of ether oxygens (including phenoxy) is 1. The van der Waals surface area contributed by atoms with E-state index in [-0.39, 0.29) is 45.3 Å². The highest BCUT2D eigenvalue weighted by molar-refractivity contribution is 6.39. The number of nitrogens with one attached hydrogen (secondary N) is 3. The van der Waals surface area contributed by atoms with Crippen molar-refractivity contribution in [3.05, 3.63) is 39.4 Å². The summed E-state index contributed by atoms with van der Waals surface area (Å²) >= 11 is 12.7. The van der Waals surface area contributed by atoms with Crippen LogP contribution in [-0.4, -0.2) is 45.3 Å². The number of ketones is 1. The molecule has 0 aliphatic rings. The Balaban J connectivity index is 1.90. The van der Waals surface area contributed by atoms with Crippen molar-refractivity contribution in [3.63, 3.8) is 0 Å². The quantitative estimate of drug-likeness (QED) is 0.336. The largest absolute Gasteiger partial charge is 0.471 e. The second kappa shape index (κ2) is 10.1. The van der Waals surface area contributed by atoms with Gasteiger partial charge in [0.25, 0.3) is 12.3 Å². The number of anilines is 2. The maximum atomic E-state index is 13.7. The Labute approximate surface area is 202 Å². The molecule has 0 bridgehead atoms. The van der Waals surface area contributed by atoms with Crippen LogP contribution in [0.2, 0.25) is 10.0 Å². The average Bonchev–Trinajstić information content (AvgIpc) is 3.14. The summed E-state index contributed by atoms with van der Waals surface area (Å²) in [4.78, 5) is 34.9. The van der Waals surface area contributed by atoms with E-state index in [0.29, 0.717) is 11.1 Å². The van der Waals surface area contributed by atoms with E-state index in [2.05, 4.69) is 25.6 Å². The number of carbonyl (C=O) groups excluding carboxylic acids is 2. The number of benzene rings is 1. The zero-order valence-electron chi connectivity index (χ0n) is 18.2. The lowest BCUT2D eigenvalue weighted by Gasteiger charge is -2.16. The molecule has 3 aromatic rings. The highest BCUT2D eigenvalue weighted by atomic mass is 35.5. The normalized spacial score (nSPS) is 11.7. The van der Waals surface area contributed by atoms with Crippen molar-refractivity contribution < 1.29 is 27.5 Å². The number of carbonyl (C=O) groups is 2. The van der Waals surface area contributed by atoms with Crippen LogP contribution in [0.1, 0.15) is 36.7 Å². The van der Waals surface area contributed by atoms with E-state index < -0.39 is 30.4 Å². The molecule has 34 heavy (non-hydrogen) atoms. The molecule has 0 saturated heterocycles. The molecule has 0 unspecified atom stereocenters. The van der Waals surface area contributed by atoms with E-state index in [1.54, 1.807) is 6.07 Å². The molecule has 0 fully saturated rings. The third-order valence-corrected chi connectivity index (χ3v) is 5.30. The number of imidazole rings is 1. The highest BCUT2D eigenvalue weighted by Crippen LogP contribution is 2.35. The Kier molecular flexibility index (Phi) is 7.57. The third-order valence-electron chi connectivity index (χ3n) is 4.56. The SMILES string of the molecule is CC(=O)c1cc2[nH]c(Nc3c(Cl)ccc(CNC(=O)C(C)(C)F)c3Cl)nc2nc1OCC(F)F. The number of H-pyrrole nitrogens is 1. The number of rotatable bonds is 9. The Morgan fingerprint density at radius 3 is 2.56 bits per heavy atom. The summed E-state index contributed by atoms with van der Waals surface area (Å²) in [5.74, 6) is -1.36. The van der Waals surface area contributed by atoms with Gasteiger partial charge in [0.15, 0.2) is 23.7 Å². The molecule has 182 valence electrons. The molecule has 13 heteroatoms. The molecule has 0 saturated carbocycles. The maximum absolute atomic E-state index is 13.7. The second-order valence-electron chi connectivity index (χ2n) is 7.73. The zero-order chi connectivity index (χ0) is 25.2. The van der Waals surface area contributed by atoms with E-state index >= 15 is 0 Å². The lowest BCUT2D eigenvalue weighted by molar-refractivity contribution is -0.130. The predicted octanol–water partition coefficient (Wildman–Crippen LogP) is 5.22. The molecule has 8 nitrogen and oxygen atoms in total. The van der Waals surface area contributed by atoms with Gasteiger partial charge in [0.05, 0.1) is 26.8 Å². The number of amides is 1. The van der Waals surface area contributed by atoms with Gasteiger partial charge in [0, 0.05) is 6.54 Å². The number of alkyl halides is 3. The molecule has 2 aromatic heterocycles. The highest BCUT2D eigenvalue weighted by Gasteiger charge is 2.26. The molecule has 3 N–H and O–H groups in total. The van der Waals surface area contributed by atoms with Gasteiger partial charge < -0.3 is 20.4 Å². The second-order valence-corrected chi connectivity index (χ2v) is 8.52. The van der Waals surface area contributed by atoms with E-state index in [9.17, 15) is 22.8 Å². The van der Waals surface area contributed by atoms with E-state index in [1.165, 1.54) is 19.1 Å². The fourth-order valence-corrected chi connectivity index (χ4v) is 3.37. The molecule has 0 aliphatic heterocycles. The van der Waals surface area contributed by atoms with Crippen molar-refractivity contribution >= 4 is 57.7 Å². The van der Waals surface area contributed by atoms with Crippen LogP contribution in [0.4, 0.5) is 24.8 Å². The predicted molar refractivity (Wildman–Crippen MR) is 122 cm³/mol. The Morgan fingerprint density at radius 2 is 1.94 bits per heavy atom. The number of hydrogen-bond acceptors (Lipinski definition) is 6. The van der Waals surface area contributed by atoms with Crippen LogP contribution in [0.25, 0.3) is 11.2 Å². The van der Waals surface area contributed by atoms with Gasteiger partial charge in [-0.05, 0) is 38.5 Å². The number of aromatic amines is 1. The molecule has 1 amide bonds. The lowest BCUT2D eigenvalue weighted by Crippen LogP contribution is -2.38. The average molecular weight is 518 g/mol. The van der Waals surface area contributed by atoms with Crippen molar-refractivity contribution in [1.82, 2.24) is 20.3 Å². The zero-order valence-corrected chi connectivity index (χ0v) is 19.7. The maximum Gasteiger partial charge on any atom is 0.272 e. The summed E-state index contributed by atoms with van der Waals surface area (Å²) in [6, 6.07) is 4.49. The van der Waals surface area contributed by atoms with E-state index in [1.807, 2.05) is 0 Å². The van der Waals surface area contributed by atoms with Gasteiger partial charge in [-0.2, -0.15) is 9.97 Å². The molecular formula is C21H20Cl2F3N5O3. The summed E-state index contributed by atoms with van der Waals surface area (Å²) < 4.78 is 43.8. The van der Waals surface area contributed by atoms with Crippen molar-refractivity contribution in [3.8, 4) is 5.88 Å². The van der Waals surface area contributed by atoms with Gasteiger partial charge in [-0.25, -0.2) is 13.2 Å². The summed E-state index contributed by atoms with van der Waals surface area (Å²) in [6.45, 7) is 2.54. The minimum atomic E-state index is -2.74. The molecule has 0 spiro atoms. The lowest BCUT2D eigenvalue weighted by atomic mass is 10.1.